The average molecular weight is 402 g/mol. The molecule has 6 heteroatoms. The van der Waals surface area contributed by atoms with Crippen molar-refractivity contribution >= 4 is 22.5 Å². The highest BCUT2D eigenvalue weighted by Crippen LogP contribution is 2.34. The van der Waals surface area contributed by atoms with Gasteiger partial charge < -0.3 is 24.3 Å². The van der Waals surface area contributed by atoms with Gasteiger partial charge in [0.1, 0.15) is 12.0 Å². The number of hydrogen-bond acceptors (Lipinski definition) is 4. The van der Waals surface area contributed by atoms with Crippen LogP contribution in [-0.4, -0.2) is 40.7 Å². The molecule has 3 atom stereocenters. The molecule has 0 bridgehead atoms. The highest BCUT2D eigenvalue weighted by molar-refractivity contribution is 6.31. The summed E-state index contributed by atoms with van der Waals surface area (Å²) in [5.41, 5.74) is 3.29. The quantitative estimate of drug-likeness (QED) is 0.680. The van der Waals surface area contributed by atoms with Crippen molar-refractivity contribution in [2.45, 2.75) is 37.7 Å². The average Bonchev–Trinajstić information content (AvgIpc) is 3.05. The van der Waals surface area contributed by atoms with Crippen molar-refractivity contribution in [1.29, 1.82) is 0 Å². The molecule has 0 aliphatic carbocycles. The van der Waals surface area contributed by atoms with E-state index in [1.807, 2.05) is 34.9 Å². The van der Waals surface area contributed by atoms with Crippen molar-refractivity contribution < 1.29 is 19.7 Å². The Balaban J connectivity index is 1.71. The minimum Gasteiger partial charge on any atom is -0.497 e. The second kappa shape index (κ2) is 8.13. The number of aromatic nitrogens is 1. The summed E-state index contributed by atoms with van der Waals surface area (Å²) < 4.78 is 13.3. The molecule has 3 aromatic rings. The predicted octanol–water partition coefficient (Wildman–Crippen LogP) is 3.92. The van der Waals surface area contributed by atoms with E-state index < -0.39 is 6.10 Å². The summed E-state index contributed by atoms with van der Waals surface area (Å²) in [6.45, 7) is -0.105. The number of ether oxygens (including phenoxy) is 2. The fraction of sp³-hybridized carbons (Fsp3) is 0.364. The van der Waals surface area contributed by atoms with E-state index in [1.165, 1.54) is 5.56 Å². The smallest absolute Gasteiger partial charge is 0.136 e. The zero-order chi connectivity index (χ0) is 19.7. The first-order chi connectivity index (χ1) is 13.6. The second-order valence-electron chi connectivity index (χ2n) is 7.27. The molecule has 0 saturated carbocycles. The lowest BCUT2D eigenvalue weighted by molar-refractivity contribution is -0.140. The van der Waals surface area contributed by atoms with Gasteiger partial charge in [0.25, 0.3) is 0 Å². The topological polar surface area (TPSA) is 63.9 Å². The molecule has 1 saturated heterocycles. The van der Waals surface area contributed by atoms with Crippen LogP contribution in [0.25, 0.3) is 10.9 Å². The van der Waals surface area contributed by atoms with Gasteiger partial charge in [-0.2, -0.15) is 0 Å². The van der Waals surface area contributed by atoms with Gasteiger partial charge in [0.05, 0.1) is 31.4 Å². The van der Waals surface area contributed by atoms with Crippen LogP contribution < -0.4 is 4.74 Å². The Hall–Kier alpha value is -2.05. The van der Waals surface area contributed by atoms with Gasteiger partial charge >= 0.3 is 0 Å². The van der Waals surface area contributed by atoms with E-state index in [0.717, 1.165) is 28.6 Å². The van der Waals surface area contributed by atoms with Crippen LogP contribution >= 0.6 is 11.6 Å². The summed E-state index contributed by atoms with van der Waals surface area (Å²) in [4.78, 5) is 0. The first-order valence-corrected chi connectivity index (χ1v) is 9.81. The summed E-state index contributed by atoms with van der Waals surface area (Å²) in [6, 6.07) is 13.9. The van der Waals surface area contributed by atoms with E-state index >= 15 is 0 Å². The molecule has 2 aromatic carbocycles. The number of aliphatic hydroxyl groups is 2. The number of fused-ring (bicyclic) bond motifs is 1. The molecular weight excluding hydrogens is 378 g/mol. The van der Waals surface area contributed by atoms with Crippen molar-refractivity contribution in [3.8, 4) is 5.75 Å². The maximum absolute atomic E-state index is 10.2. The Morgan fingerprint density at radius 3 is 2.68 bits per heavy atom. The SMILES string of the molecule is COc1ccc(Cc2cn(C3CC(O)CC(CO)O3)c3cc(Cl)ccc23)cc1. The largest absolute Gasteiger partial charge is 0.497 e. The summed E-state index contributed by atoms with van der Waals surface area (Å²) in [5, 5.41) is 21.5. The van der Waals surface area contributed by atoms with E-state index in [0.29, 0.717) is 17.9 Å². The maximum Gasteiger partial charge on any atom is 0.136 e. The lowest BCUT2D eigenvalue weighted by atomic mass is 10.0. The summed E-state index contributed by atoms with van der Waals surface area (Å²) in [6.07, 6.45) is 2.55. The normalized spacial score (nSPS) is 22.5. The zero-order valence-electron chi connectivity index (χ0n) is 15.7. The molecule has 148 valence electrons. The number of rotatable bonds is 5. The van der Waals surface area contributed by atoms with Gasteiger partial charge in [0.15, 0.2) is 0 Å². The molecule has 2 heterocycles. The van der Waals surface area contributed by atoms with Crippen molar-refractivity contribution in [1.82, 2.24) is 4.57 Å². The Bertz CT molecular complexity index is 953. The molecule has 1 aromatic heterocycles. The summed E-state index contributed by atoms with van der Waals surface area (Å²) in [5.74, 6) is 0.831. The molecule has 2 N–H and O–H groups in total. The van der Waals surface area contributed by atoms with Crippen molar-refractivity contribution in [2.75, 3.05) is 13.7 Å². The summed E-state index contributed by atoms with van der Waals surface area (Å²) in [7, 11) is 1.66. The van der Waals surface area contributed by atoms with Gasteiger partial charge in [-0.25, -0.2) is 0 Å². The van der Waals surface area contributed by atoms with E-state index in [9.17, 15) is 10.2 Å². The van der Waals surface area contributed by atoms with Crippen LogP contribution in [0.2, 0.25) is 5.02 Å². The van der Waals surface area contributed by atoms with Crippen LogP contribution in [0, 0.1) is 0 Å². The molecule has 1 aliphatic rings. The summed E-state index contributed by atoms with van der Waals surface area (Å²) >= 11 is 6.26. The molecule has 0 spiro atoms. The van der Waals surface area contributed by atoms with E-state index in [2.05, 4.69) is 18.3 Å². The Morgan fingerprint density at radius 1 is 1.18 bits per heavy atom. The van der Waals surface area contributed by atoms with E-state index in [4.69, 9.17) is 21.1 Å². The van der Waals surface area contributed by atoms with Crippen LogP contribution in [0.1, 0.15) is 30.2 Å². The van der Waals surface area contributed by atoms with Gasteiger partial charge in [-0.15, -0.1) is 0 Å². The number of nitrogens with zero attached hydrogens (tertiary/aromatic N) is 1. The van der Waals surface area contributed by atoms with Gasteiger partial charge in [0.2, 0.25) is 0 Å². The van der Waals surface area contributed by atoms with Gasteiger partial charge in [-0.3, -0.25) is 0 Å². The van der Waals surface area contributed by atoms with E-state index in [1.54, 1.807) is 7.11 Å². The Labute approximate surface area is 169 Å². The van der Waals surface area contributed by atoms with Gasteiger partial charge in [-0.1, -0.05) is 29.8 Å². The molecular formula is C22H24ClNO4. The lowest BCUT2D eigenvalue weighted by Crippen LogP contribution is -2.35. The molecule has 0 radical (unpaired) electrons. The fourth-order valence-electron chi connectivity index (χ4n) is 3.90. The Morgan fingerprint density at radius 2 is 1.96 bits per heavy atom. The predicted molar refractivity (Wildman–Crippen MR) is 109 cm³/mol. The molecule has 1 fully saturated rings. The monoisotopic (exact) mass is 401 g/mol. The van der Waals surface area contributed by atoms with Crippen LogP contribution in [0.3, 0.4) is 0 Å². The molecule has 3 unspecified atom stereocenters. The molecule has 5 nitrogen and oxygen atoms in total. The zero-order valence-corrected chi connectivity index (χ0v) is 16.5. The number of halogens is 1. The number of methoxy groups -OCH3 is 1. The van der Waals surface area contributed by atoms with Crippen LogP contribution in [0.4, 0.5) is 0 Å². The third-order valence-electron chi connectivity index (χ3n) is 5.30. The Kier molecular flexibility index (Phi) is 5.60. The minimum absolute atomic E-state index is 0.105. The van der Waals surface area contributed by atoms with Crippen LogP contribution in [0.5, 0.6) is 5.75 Å². The van der Waals surface area contributed by atoms with Gasteiger partial charge in [0, 0.05) is 29.4 Å². The standard InChI is InChI=1S/C22H24ClNO4/c1-27-18-5-2-14(3-6-18)8-15-12-24(21-9-16(23)4-7-20(15)21)22-11-17(26)10-19(13-25)28-22/h2-7,9,12,17,19,22,25-26H,8,10-11,13H2,1H3. The van der Waals surface area contributed by atoms with Crippen molar-refractivity contribution in [3.63, 3.8) is 0 Å². The number of aliphatic hydroxyl groups excluding tert-OH is 2. The lowest BCUT2D eigenvalue weighted by Gasteiger charge is -2.33. The highest BCUT2D eigenvalue weighted by atomic mass is 35.5. The minimum atomic E-state index is -0.502. The molecule has 4 rings (SSSR count). The number of hydrogen-bond donors (Lipinski definition) is 2. The number of benzene rings is 2. The molecule has 0 amide bonds. The van der Waals surface area contributed by atoms with Crippen molar-refractivity contribution in [2.24, 2.45) is 0 Å². The maximum atomic E-state index is 10.2. The highest BCUT2D eigenvalue weighted by Gasteiger charge is 2.30. The molecule has 1 aliphatic heterocycles. The van der Waals surface area contributed by atoms with Crippen LogP contribution in [0.15, 0.2) is 48.7 Å². The third-order valence-corrected chi connectivity index (χ3v) is 5.54. The first-order valence-electron chi connectivity index (χ1n) is 9.43. The van der Waals surface area contributed by atoms with Crippen LogP contribution in [-0.2, 0) is 11.2 Å². The fourth-order valence-corrected chi connectivity index (χ4v) is 4.07. The molecule has 28 heavy (non-hydrogen) atoms. The van der Waals surface area contributed by atoms with Gasteiger partial charge in [-0.05, 0) is 41.8 Å². The third kappa shape index (κ3) is 3.89. The second-order valence-corrected chi connectivity index (χ2v) is 7.70. The first kappa shape index (κ1) is 19.3. The van der Waals surface area contributed by atoms with Crippen molar-refractivity contribution in [3.05, 3.63) is 64.8 Å². The van der Waals surface area contributed by atoms with E-state index in [-0.39, 0.29) is 18.9 Å².